The molecule has 1 aromatic heterocycles. The molecule has 1 aliphatic rings. The standard InChI is InChI=1S/C13H18N2O3S/c1-18-11(16)7-9(10-3-2-6-19-10)15-12(17)13(8-14)4-5-13/h2-3,6,9H,4-5,7-8,14H2,1H3,(H,15,17). The first-order valence-corrected chi connectivity index (χ1v) is 7.10. The summed E-state index contributed by atoms with van der Waals surface area (Å²) >= 11 is 1.51. The molecule has 1 aromatic rings. The van der Waals surface area contributed by atoms with Crippen LogP contribution in [0.2, 0.25) is 0 Å². The smallest absolute Gasteiger partial charge is 0.307 e. The van der Waals surface area contributed by atoms with Crippen molar-refractivity contribution in [3.05, 3.63) is 22.4 Å². The molecule has 1 amide bonds. The maximum absolute atomic E-state index is 12.2. The summed E-state index contributed by atoms with van der Waals surface area (Å²) in [6.07, 6.45) is 1.79. The number of carbonyl (C=O) groups is 2. The van der Waals surface area contributed by atoms with E-state index in [1.165, 1.54) is 18.4 Å². The lowest BCUT2D eigenvalue weighted by Crippen LogP contribution is -2.39. The molecule has 0 aliphatic heterocycles. The van der Waals surface area contributed by atoms with E-state index < -0.39 is 5.41 Å². The Balaban J connectivity index is 2.06. The fourth-order valence-corrected chi connectivity index (χ4v) is 2.73. The summed E-state index contributed by atoms with van der Waals surface area (Å²) in [5, 5.41) is 4.85. The van der Waals surface area contributed by atoms with Crippen LogP contribution in [0.3, 0.4) is 0 Å². The second kappa shape index (κ2) is 5.71. The van der Waals surface area contributed by atoms with Gasteiger partial charge >= 0.3 is 5.97 Å². The van der Waals surface area contributed by atoms with E-state index in [1.54, 1.807) is 0 Å². The first-order chi connectivity index (χ1) is 9.11. The summed E-state index contributed by atoms with van der Waals surface area (Å²) in [6.45, 7) is 0.355. The van der Waals surface area contributed by atoms with E-state index in [0.29, 0.717) is 6.54 Å². The van der Waals surface area contributed by atoms with Crippen LogP contribution in [0.25, 0.3) is 0 Å². The highest BCUT2D eigenvalue weighted by Gasteiger charge is 2.49. The Morgan fingerprint density at radius 2 is 2.32 bits per heavy atom. The van der Waals surface area contributed by atoms with E-state index in [0.717, 1.165) is 17.7 Å². The fraction of sp³-hybridized carbons (Fsp3) is 0.538. The molecule has 104 valence electrons. The summed E-state index contributed by atoms with van der Waals surface area (Å²) in [7, 11) is 1.35. The number of methoxy groups -OCH3 is 1. The molecule has 19 heavy (non-hydrogen) atoms. The molecule has 2 rings (SSSR count). The topological polar surface area (TPSA) is 81.4 Å². The van der Waals surface area contributed by atoms with Crippen molar-refractivity contribution in [2.45, 2.75) is 25.3 Å². The molecule has 5 nitrogen and oxygen atoms in total. The predicted octanol–water partition coefficient (Wildman–Crippen LogP) is 1.21. The minimum absolute atomic E-state index is 0.0581. The summed E-state index contributed by atoms with van der Waals surface area (Å²) in [6, 6.07) is 3.47. The maximum Gasteiger partial charge on any atom is 0.307 e. The summed E-state index contributed by atoms with van der Waals surface area (Å²) < 4.78 is 4.68. The van der Waals surface area contributed by atoms with Gasteiger partial charge in [-0.1, -0.05) is 6.07 Å². The quantitative estimate of drug-likeness (QED) is 0.768. The van der Waals surface area contributed by atoms with E-state index in [2.05, 4.69) is 10.1 Å². The molecular weight excluding hydrogens is 264 g/mol. The highest BCUT2D eigenvalue weighted by atomic mass is 32.1. The van der Waals surface area contributed by atoms with Crippen LogP contribution in [0.5, 0.6) is 0 Å². The first kappa shape index (κ1) is 14.0. The molecule has 3 N–H and O–H groups in total. The van der Waals surface area contributed by atoms with Crippen molar-refractivity contribution in [1.82, 2.24) is 5.32 Å². The zero-order valence-electron chi connectivity index (χ0n) is 10.8. The number of rotatable bonds is 6. The van der Waals surface area contributed by atoms with Crippen molar-refractivity contribution < 1.29 is 14.3 Å². The van der Waals surface area contributed by atoms with Crippen LogP contribution >= 0.6 is 11.3 Å². The minimum Gasteiger partial charge on any atom is -0.469 e. The normalized spacial score (nSPS) is 17.6. The van der Waals surface area contributed by atoms with Crippen molar-refractivity contribution in [3.63, 3.8) is 0 Å². The zero-order valence-corrected chi connectivity index (χ0v) is 11.7. The summed E-state index contributed by atoms with van der Waals surface area (Å²) in [4.78, 5) is 24.6. The zero-order chi connectivity index (χ0) is 13.9. The Bertz CT molecular complexity index is 454. The number of hydrogen-bond donors (Lipinski definition) is 2. The van der Waals surface area contributed by atoms with Crippen molar-refractivity contribution in [2.24, 2.45) is 11.1 Å². The van der Waals surface area contributed by atoms with E-state index in [4.69, 9.17) is 5.73 Å². The molecule has 1 saturated carbocycles. The Labute approximate surface area is 116 Å². The maximum atomic E-state index is 12.2. The van der Waals surface area contributed by atoms with Gasteiger partial charge in [0.2, 0.25) is 5.91 Å². The third kappa shape index (κ3) is 3.13. The lowest BCUT2D eigenvalue weighted by molar-refractivity contribution is -0.141. The number of amides is 1. The SMILES string of the molecule is COC(=O)CC(NC(=O)C1(CN)CC1)c1cccs1. The average Bonchev–Trinajstić information content (AvgIpc) is 3.04. The highest BCUT2D eigenvalue weighted by molar-refractivity contribution is 7.10. The second-order valence-electron chi connectivity index (χ2n) is 4.81. The number of thiophene rings is 1. The van der Waals surface area contributed by atoms with Gasteiger partial charge in [0.05, 0.1) is 25.0 Å². The Morgan fingerprint density at radius 1 is 1.58 bits per heavy atom. The number of ether oxygens (including phenoxy) is 1. The predicted molar refractivity (Wildman–Crippen MR) is 72.6 cm³/mol. The minimum atomic E-state index is -0.411. The van der Waals surface area contributed by atoms with Crippen LogP contribution in [0.4, 0.5) is 0 Å². The van der Waals surface area contributed by atoms with Crippen LogP contribution in [-0.4, -0.2) is 25.5 Å². The number of nitrogens with two attached hydrogens (primary N) is 1. The third-order valence-electron chi connectivity index (χ3n) is 3.52. The molecule has 1 fully saturated rings. The Morgan fingerprint density at radius 3 is 2.79 bits per heavy atom. The first-order valence-electron chi connectivity index (χ1n) is 6.22. The van der Waals surface area contributed by atoms with Crippen molar-refractivity contribution in [1.29, 1.82) is 0 Å². The molecule has 1 heterocycles. The molecule has 1 unspecified atom stereocenters. The Kier molecular flexibility index (Phi) is 4.21. The van der Waals surface area contributed by atoms with Gasteiger partial charge in [0.15, 0.2) is 0 Å². The number of carbonyl (C=O) groups excluding carboxylic acids is 2. The number of esters is 1. The van der Waals surface area contributed by atoms with Gasteiger partial charge in [-0.3, -0.25) is 9.59 Å². The second-order valence-corrected chi connectivity index (χ2v) is 5.79. The molecule has 0 bridgehead atoms. The van der Waals surface area contributed by atoms with E-state index >= 15 is 0 Å². The van der Waals surface area contributed by atoms with Crippen molar-refractivity contribution in [3.8, 4) is 0 Å². The molecule has 1 aliphatic carbocycles. The van der Waals surface area contributed by atoms with Crippen molar-refractivity contribution >= 4 is 23.2 Å². The number of nitrogens with one attached hydrogen (secondary N) is 1. The molecule has 1 atom stereocenters. The van der Waals surface area contributed by atoms with Crippen LogP contribution in [0, 0.1) is 5.41 Å². The average molecular weight is 282 g/mol. The van der Waals surface area contributed by atoms with Gasteiger partial charge < -0.3 is 15.8 Å². The molecule has 0 spiro atoms. The van der Waals surface area contributed by atoms with Crippen LogP contribution in [0.1, 0.15) is 30.2 Å². The Hall–Kier alpha value is -1.40. The molecule has 6 heteroatoms. The lowest BCUT2D eigenvalue weighted by atomic mass is 10.1. The van der Waals surface area contributed by atoms with Crippen LogP contribution in [0.15, 0.2) is 17.5 Å². The largest absolute Gasteiger partial charge is 0.469 e. The molecule has 0 aromatic carbocycles. The van der Waals surface area contributed by atoms with E-state index in [9.17, 15) is 9.59 Å². The van der Waals surface area contributed by atoms with Gasteiger partial charge in [-0.25, -0.2) is 0 Å². The van der Waals surface area contributed by atoms with Gasteiger partial charge in [-0.15, -0.1) is 11.3 Å². The molecule has 0 saturated heterocycles. The van der Waals surface area contributed by atoms with Crippen LogP contribution in [-0.2, 0) is 14.3 Å². The summed E-state index contributed by atoms with van der Waals surface area (Å²) in [5.74, 6) is -0.395. The summed E-state index contributed by atoms with van der Waals surface area (Å²) in [5.41, 5.74) is 5.23. The lowest BCUT2D eigenvalue weighted by Gasteiger charge is -2.20. The number of hydrogen-bond acceptors (Lipinski definition) is 5. The fourth-order valence-electron chi connectivity index (χ4n) is 1.95. The van der Waals surface area contributed by atoms with Gasteiger partial charge in [-0.05, 0) is 24.3 Å². The van der Waals surface area contributed by atoms with Crippen LogP contribution < -0.4 is 11.1 Å². The van der Waals surface area contributed by atoms with E-state index in [1.807, 2.05) is 17.5 Å². The van der Waals surface area contributed by atoms with Crippen molar-refractivity contribution in [2.75, 3.05) is 13.7 Å². The van der Waals surface area contributed by atoms with E-state index in [-0.39, 0.29) is 24.3 Å². The van der Waals surface area contributed by atoms with Gasteiger partial charge in [-0.2, -0.15) is 0 Å². The molecule has 0 radical (unpaired) electrons. The monoisotopic (exact) mass is 282 g/mol. The van der Waals surface area contributed by atoms with Gasteiger partial charge in [0.1, 0.15) is 0 Å². The molecular formula is C13H18N2O3S. The van der Waals surface area contributed by atoms with Gasteiger partial charge in [0.25, 0.3) is 0 Å². The highest BCUT2D eigenvalue weighted by Crippen LogP contribution is 2.45. The third-order valence-corrected chi connectivity index (χ3v) is 4.50. The van der Waals surface area contributed by atoms with Gasteiger partial charge in [0, 0.05) is 11.4 Å².